The summed E-state index contributed by atoms with van der Waals surface area (Å²) in [5.41, 5.74) is 0.538. The number of nitrogens with one attached hydrogen (secondary N) is 1. The molecule has 0 heterocycles. The number of hydrogen-bond donors (Lipinski definition) is 1. The third-order valence-corrected chi connectivity index (χ3v) is 5.51. The molecule has 0 fully saturated rings. The predicted molar refractivity (Wildman–Crippen MR) is 136 cm³/mol. The molecule has 1 N–H and O–H groups in total. The van der Waals surface area contributed by atoms with Gasteiger partial charge >= 0.3 is 0 Å². The van der Waals surface area contributed by atoms with Gasteiger partial charge in [-0.1, -0.05) is 12.1 Å². The lowest BCUT2D eigenvalue weighted by Gasteiger charge is -2.27. The molecule has 0 aliphatic carbocycles. The van der Waals surface area contributed by atoms with Crippen LogP contribution in [0.25, 0.3) is 0 Å². The largest absolute Gasteiger partial charge is 0.530 e. The summed E-state index contributed by atoms with van der Waals surface area (Å²) in [7, 11) is 3.67. The highest BCUT2D eigenvalue weighted by Gasteiger charge is 2.26. The number of nitro benzene ring substituents is 1. The Balaban J connectivity index is 2.34. The molecule has 0 saturated carbocycles. The summed E-state index contributed by atoms with van der Waals surface area (Å²) in [5.74, 6) is 0.183. The van der Waals surface area contributed by atoms with Crippen LogP contribution in [0.4, 0.5) is 21.9 Å². The number of anilines is 2. The van der Waals surface area contributed by atoms with Gasteiger partial charge in [0, 0.05) is 49.3 Å². The lowest BCUT2D eigenvalue weighted by Crippen LogP contribution is -2.41. The van der Waals surface area contributed by atoms with Gasteiger partial charge in [-0.3, -0.25) is 14.9 Å². The number of carboxylic acid groups (broad SMARTS) is 1. The quantitative estimate of drug-likeness (QED) is 0.242. The van der Waals surface area contributed by atoms with Gasteiger partial charge in [0.2, 0.25) is 0 Å². The molecular weight excluding hydrogens is 497 g/mol. The van der Waals surface area contributed by atoms with E-state index in [1.54, 1.807) is 24.3 Å². The van der Waals surface area contributed by atoms with E-state index in [2.05, 4.69) is 5.32 Å². The zero-order valence-corrected chi connectivity index (χ0v) is 21.1. The molecule has 0 aromatic heterocycles. The maximum Gasteiger partial charge on any atom is 0.287 e. The summed E-state index contributed by atoms with van der Waals surface area (Å²) in [5, 5.41) is 26.5. The van der Waals surface area contributed by atoms with E-state index in [0.29, 0.717) is 37.9 Å². The Morgan fingerprint density at radius 1 is 0.971 bits per heavy atom. The van der Waals surface area contributed by atoms with Gasteiger partial charge in [0.25, 0.3) is 11.6 Å². The van der Waals surface area contributed by atoms with Gasteiger partial charge in [-0.2, -0.15) is 0 Å². The van der Waals surface area contributed by atoms with Crippen molar-refractivity contribution < 1.29 is 19.6 Å². The van der Waals surface area contributed by atoms with Crippen LogP contribution in [0, 0.1) is 10.1 Å². The Hall–Kier alpha value is -3.08. The number of para-hydroxylation sites is 1. The second-order valence-corrected chi connectivity index (χ2v) is 8.62. The Kier molecular flexibility index (Phi) is 11.0. The van der Waals surface area contributed by atoms with Gasteiger partial charge in [0.15, 0.2) is 0 Å². The Bertz CT molecular complexity index is 1010. The van der Waals surface area contributed by atoms with Gasteiger partial charge in [0.1, 0.15) is 11.7 Å². The van der Waals surface area contributed by atoms with Crippen molar-refractivity contribution >= 4 is 52.3 Å². The SMILES string of the molecule is CN(C)CCNC(=O)c1cccc(CN(C(=O)[O-])c2ccc(N(CCCl)CCCl)cc2)c1[N+](=O)[O-]. The highest BCUT2D eigenvalue weighted by atomic mass is 35.5. The maximum absolute atomic E-state index is 12.6. The molecule has 2 amide bonds. The van der Waals surface area contributed by atoms with Crippen LogP contribution in [0.15, 0.2) is 42.5 Å². The molecule has 2 rings (SSSR count). The number of likely N-dealkylation sites (N-methyl/N-ethyl adjacent to an activating group) is 1. The molecule has 12 heteroatoms. The number of amides is 2. The van der Waals surface area contributed by atoms with Gasteiger partial charge in [-0.15, -0.1) is 23.2 Å². The average molecular weight is 525 g/mol. The molecule has 0 aliphatic rings. The minimum atomic E-state index is -1.54. The highest BCUT2D eigenvalue weighted by Crippen LogP contribution is 2.28. The fraction of sp³-hybridized carbons (Fsp3) is 0.391. The van der Waals surface area contributed by atoms with Gasteiger partial charge in [-0.05, 0) is 44.4 Å². The molecule has 190 valence electrons. The maximum atomic E-state index is 12.6. The number of nitrogens with zero attached hydrogens (tertiary/aromatic N) is 4. The fourth-order valence-corrected chi connectivity index (χ4v) is 3.86. The second kappa shape index (κ2) is 13.7. The zero-order chi connectivity index (χ0) is 26.0. The second-order valence-electron chi connectivity index (χ2n) is 7.86. The van der Waals surface area contributed by atoms with E-state index in [0.717, 1.165) is 10.6 Å². The smallest absolute Gasteiger partial charge is 0.287 e. The minimum Gasteiger partial charge on any atom is -0.530 e. The van der Waals surface area contributed by atoms with Crippen molar-refractivity contribution in [2.24, 2.45) is 0 Å². The first-order valence-corrected chi connectivity index (χ1v) is 11.9. The number of halogens is 2. The van der Waals surface area contributed by atoms with Crippen molar-refractivity contribution in [3.8, 4) is 0 Å². The molecule has 2 aromatic rings. The van der Waals surface area contributed by atoms with Crippen LogP contribution in [0.3, 0.4) is 0 Å². The lowest BCUT2D eigenvalue weighted by atomic mass is 10.1. The number of rotatable bonds is 13. The van der Waals surface area contributed by atoms with Gasteiger partial charge in [-0.25, -0.2) is 0 Å². The molecule has 0 bridgehead atoms. The van der Waals surface area contributed by atoms with E-state index in [9.17, 15) is 24.8 Å². The zero-order valence-electron chi connectivity index (χ0n) is 19.6. The minimum absolute atomic E-state index is 0.0643. The number of benzene rings is 2. The van der Waals surface area contributed by atoms with E-state index in [4.69, 9.17) is 23.2 Å². The number of carbonyl (C=O) groups is 2. The number of nitro groups is 1. The standard InChI is InChI=1S/C23H29Cl2N5O5/c1-27(2)15-12-26-22(31)20-5-3-4-17(21(20)30(34)35)16-29(23(32)33)19-8-6-18(7-9-19)28(13-10-24)14-11-25/h3-9H,10-16H2,1-2H3,(H,26,31)(H,32,33)/p-1. The number of carbonyl (C=O) groups excluding carboxylic acids is 2. The molecular formula is C23H28Cl2N5O5-. The average Bonchev–Trinajstić information content (AvgIpc) is 2.81. The van der Waals surface area contributed by atoms with E-state index < -0.39 is 22.6 Å². The van der Waals surface area contributed by atoms with Gasteiger partial charge < -0.3 is 29.9 Å². The molecule has 0 aliphatic heterocycles. The normalized spacial score (nSPS) is 10.8. The van der Waals surface area contributed by atoms with E-state index in [1.807, 2.05) is 23.9 Å². The summed E-state index contributed by atoms with van der Waals surface area (Å²) < 4.78 is 0. The van der Waals surface area contributed by atoms with E-state index >= 15 is 0 Å². The van der Waals surface area contributed by atoms with Crippen molar-refractivity contribution in [1.29, 1.82) is 0 Å². The third kappa shape index (κ3) is 7.98. The van der Waals surface area contributed by atoms with Crippen LogP contribution < -0.4 is 20.2 Å². The molecule has 0 atom stereocenters. The molecule has 0 saturated heterocycles. The molecule has 0 unspecified atom stereocenters. The summed E-state index contributed by atoms with van der Waals surface area (Å²) in [4.78, 5) is 40.4. The first-order chi connectivity index (χ1) is 16.7. The van der Waals surface area contributed by atoms with Crippen LogP contribution in [0.5, 0.6) is 0 Å². The molecule has 35 heavy (non-hydrogen) atoms. The lowest BCUT2D eigenvalue weighted by molar-refractivity contribution is -0.385. The van der Waals surface area contributed by atoms with Crippen molar-refractivity contribution in [1.82, 2.24) is 10.2 Å². The van der Waals surface area contributed by atoms with Crippen molar-refractivity contribution in [2.45, 2.75) is 6.54 Å². The summed E-state index contributed by atoms with van der Waals surface area (Å²) >= 11 is 11.7. The van der Waals surface area contributed by atoms with E-state index in [-0.39, 0.29) is 23.4 Å². The van der Waals surface area contributed by atoms with Crippen LogP contribution >= 0.6 is 23.2 Å². The first-order valence-electron chi connectivity index (χ1n) is 10.8. The van der Waals surface area contributed by atoms with Crippen molar-refractivity contribution in [2.75, 3.05) is 61.8 Å². The van der Waals surface area contributed by atoms with Crippen molar-refractivity contribution in [3.63, 3.8) is 0 Å². The molecule has 10 nitrogen and oxygen atoms in total. The monoisotopic (exact) mass is 524 g/mol. The summed E-state index contributed by atoms with van der Waals surface area (Å²) in [6, 6.07) is 10.8. The third-order valence-electron chi connectivity index (χ3n) is 5.18. The number of hydrogen-bond acceptors (Lipinski definition) is 7. The topological polar surface area (TPSA) is 122 Å². The van der Waals surface area contributed by atoms with Crippen LogP contribution in [-0.4, -0.2) is 73.9 Å². The van der Waals surface area contributed by atoms with E-state index in [1.165, 1.54) is 18.2 Å². The van der Waals surface area contributed by atoms with Crippen LogP contribution in [-0.2, 0) is 6.54 Å². The molecule has 0 spiro atoms. The predicted octanol–water partition coefficient (Wildman–Crippen LogP) is 2.52. The Labute approximate surface area is 214 Å². The number of alkyl halides is 2. The van der Waals surface area contributed by atoms with Crippen LogP contribution in [0.2, 0.25) is 0 Å². The molecule has 0 radical (unpaired) electrons. The first kappa shape index (κ1) is 28.2. The summed E-state index contributed by atoms with van der Waals surface area (Å²) in [6.07, 6.45) is -1.54. The van der Waals surface area contributed by atoms with Gasteiger partial charge in [0.05, 0.1) is 17.0 Å². The van der Waals surface area contributed by atoms with Crippen molar-refractivity contribution in [3.05, 3.63) is 63.7 Å². The fourth-order valence-electron chi connectivity index (χ4n) is 3.46. The van der Waals surface area contributed by atoms with Crippen LogP contribution in [0.1, 0.15) is 15.9 Å². The summed E-state index contributed by atoms with van der Waals surface area (Å²) in [6.45, 7) is 1.61. The Morgan fingerprint density at radius 2 is 1.57 bits per heavy atom. The Morgan fingerprint density at radius 3 is 2.09 bits per heavy atom. The molecule has 2 aromatic carbocycles. The highest BCUT2D eigenvalue weighted by molar-refractivity contribution is 6.18.